The number of benzene rings is 2. The van der Waals surface area contributed by atoms with E-state index in [0.717, 1.165) is 31.2 Å². The maximum absolute atomic E-state index is 14.3. The lowest BCUT2D eigenvalue weighted by atomic mass is 9.91. The van der Waals surface area contributed by atoms with Crippen molar-refractivity contribution in [2.45, 2.75) is 44.6 Å². The second-order valence-electron chi connectivity index (χ2n) is 6.81. The summed E-state index contributed by atoms with van der Waals surface area (Å²) < 4.78 is 14.3. The van der Waals surface area contributed by atoms with E-state index in [9.17, 15) is 9.18 Å². The molecule has 1 unspecified atom stereocenters. The van der Waals surface area contributed by atoms with E-state index in [1.54, 1.807) is 12.1 Å². The predicted molar refractivity (Wildman–Crippen MR) is 98.4 cm³/mol. The molecule has 3 rings (SSSR count). The summed E-state index contributed by atoms with van der Waals surface area (Å²) in [7, 11) is 0. The second kappa shape index (κ2) is 8.15. The van der Waals surface area contributed by atoms with Gasteiger partial charge in [-0.05, 0) is 42.9 Å². The molecule has 3 nitrogen and oxygen atoms in total. The second-order valence-corrected chi connectivity index (χ2v) is 6.81. The Morgan fingerprint density at radius 1 is 1.12 bits per heavy atom. The molecule has 3 N–H and O–H groups in total. The van der Waals surface area contributed by atoms with Gasteiger partial charge in [-0.15, -0.1) is 0 Å². The van der Waals surface area contributed by atoms with E-state index in [1.807, 2.05) is 30.3 Å². The third-order valence-electron chi connectivity index (χ3n) is 5.10. The number of nitrogen functional groups attached to an aromatic ring is 1. The monoisotopic (exact) mass is 340 g/mol. The van der Waals surface area contributed by atoms with Crippen LogP contribution in [0.15, 0.2) is 48.5 Å². The quantitative estimate of drug-likeness (QED) is 0.766. The molecule has 0 aliphatic heterocycles. The van der Waals surface area contributed by atoms with Crippen LogP contribution in [0.2, 0.25) is 0 Å². The first-order valence-corrected chi connectivity index (χ1v) is 9.02. The van der Waals surface area contributed by atoms with Crippen LogP contribution in [0.25, 0.3) is 0 Å². The summed E-state index contributed by atoms with van der Waals surface area (Å²) in [6, 6.07) is 14.1. The first-order valence-electron chi connectivity index (χ1n) is 9.02. The average molecular weight is 340 g/mol. The van der Waals surface area contributed by atoms with Crippen LogP contribution >= 0.6 is 0 Å². The summed E-state index contributed by atoms with van der Waals surface area (Å²) in [5.41, 5.74) is 8.21. The number of nitrogens with two attached hydrogens (primary N) is 1. The van der Waals surface area contributed by atoms with E-state index in [4.69, 9.17) is 5.73 Å². The zero-order valence-electron chi connectivity index (χ0n) is 14.4. The van der Waals surface area contributed by atoms with Crippen molar-refractivity contribution in [1.82, 2.24) is 5.32 Å². The van der Waals surface area contributed by atoms with E-state index in [1.165, 1.54) is 6.07 Å². The number of nitrogens with one attached hydrogen (secondary N) is 1. The number of hydrogen-bond donors (Lipinski definition) is 2. The Kier molecular flexibility index (Phi) is 5.69. The van der Waals surface area contributed by atoms with Crippen molar-refractivity contribution in [1.29, 1.82) is 0 Å². The van der Waals surface area contributed by atoms with Crippen LogP contribution in [-0.4, -0.2) is 5.91 Å². The molecule has 0 saturated heterocycles. The highest BCUT2D eigenvalue weighted by atomic mass is 19.1. The van der Waals surface area contributed by atoms with Gasteiger partial charge in [-0.3, -0.25) is 4.79 Å². The van der Waals surface area contributed by atoms with Gasteiger partial charge >= 0.3 is 0 Å². The number of aryl methyl sites for hydroxylation is 1. The number of carbonyl (C=O) groups is 1. The number of halogens is 1. The third kappa shape index (κ3) is 4.38. The number of amides is 1. The van der Waals surface area contributed by atoms with Gasteiger partial charge in [-0.2, -0.15) is 0 Å². The van der Waals surface area contributed by atoms with Gasteiger partial charge < -0.3 is 11.1 Å². The summed E-state index contributed by atoms with van der Waals surface area (Å²) in [6.07, 6.45) is 5.30. The van der Waals surface area contributed by atoms with Crippen LogP contribution < -0.4 is 11.1 Å². The first-order chi connectivity index (χ1) is 12.1. The summed E-state index contributed by atoms with van der Waals surface area (Å²) in [6.45, 7) is 0. The SMILES string of the molecule is Nc1ccccc1CCC(=O)NC(c1ccccc1F)C1CCCC1. The van der Waals surface area contributed by atoms with Crippen LogP contribution in [0.1, 0.15) is 49.3 Å². The minimum atomic E-state index is -0.246. The maximum Gasteiger partial charge on any atom is 0.220 e. The normalized spacial score (nSPS) is 15.9. The van der Waals surface area contributed by atoms with E-state index in [2.05, 4.69) is 5.32 Å². The van der Waals surface area contributed by atoms with Gasteiger partial charge in [0.05, 0.1) is 6.04 Å². The van der Waals surface area contributed by atoms with Crippen molar-refractivity contribution in [3.05, 3.63) is 65.5 Å². The van der Waals surface area contributed by atoms with E-state index in [0.29, 0.717) is 30.0 Å². The molecule has 0 aromatic heterocycles. The molecule has 4 heteroatoms. The summed E-state index contributed by atoms with van der Waals surface area (Å²) >= 11 is 0. The van der Waals surface area contributed by atoms with E-state index < -0.39 is 0 Å². The highest BCUT2D eigenvalue weighted by Gasteiger charge is 2.29. The Balaban J connectivity index is 1.68. The predicted octanol–water partition coefficient (Wildman–Crippen LogP) is 4.39. The van der Waals surface area contributed by atoms with Crippen LogP contribution in [0.4, 0.5) is 10.1 Å². The summed E-state index contributed by atoms with van der Waals surface area (Å²) in [5.74, 6) is 0.0121. The van der Waals surface area contributed by atoms with Crippen molar-refractivity contribution in [2.75, 3.05) is 5.73 Å². The van der Waals surface area contributed by atoms with Gasteiger partial charge in [-0.25, -0.2) is 4.39 Å². The molecule has 1 amide bonds. The molecule has 1 saturated carbocycles. The molecule has 2 aromatic rings. The molecule has 1 atom stereocenters. The molecule has 0 bridgehead atoms. The van der Waals surface area contributed by atoms with Crippen molar-refractivity contribution >= 4 is 11.6 Å². The number of hydrogen-bond acceptors (Lipinski definition) is 2. The molecule has 2 aromatic carbocycles. The van der Waals surface area contributed by atoms with Crippen molar-refractivity contribution < 1.29 is 9.18 Å². The Morgan fingerprint density at radius 3 is 2.52 bits per heavy atom. The first kappa shape index (κ1) is 17.5. The zero-order valence-corrected chi connectivity index (χ0v) is 14.4. The molecule has 132 valence electrons. The zero-order chi connectivity index (χ0) is 17.6. The largest absolute Gasteiger partial charge is 0.399 e. The average Bonchev–Trinajstić information content (AvgIpc) is 3.14. The van der Waals surface area contributed by atoms with Crippen molar-refractivity contribution in [3.63, 3.8) is 0 Å². The number of carbonyl (C=O) groups excluding carboxylic acids is 1. The highest BCUT2D eigenvalue weighted by Crippen LogP contribution is 2.36. The van der Waals surface area contributed by atoms with Crippen molar-refractivity contribution in [3.8, 4) is 0 Å². The molecule has 0 heterocycles. The van der Waals surface area contributed by atoms with Gasteiger partial charge in [0.2, 0.25) is 5.91 Å². The van der Waals surface area contributed by atoms with E-state index in [-0.39, 0.29) is 17.8 Å². The van der Waals surface area contributed by atoms with Crippen LogP contribution in [0, 0.1) is 11.7 Å². The Bertz CT molecular complexity index is 725. The van der Waals surface area contributed by atoms with Gasteiger partial charge in [-0.1, -0.05) is 49.2 Å². The van der Waals surface area contributed by atoms with Crippen LogP contribution in [-0.2, 0) is 11.2 Å². The minimum Gasteiger partial charge on any atom is -0.399 e. The Morgan fingerprint density at radius 2 is 1.80 bits per heavy atom. The molecular weight excluding hydrogens is 315 g/mol. The number of para-hydroxylation sites is 1. The lowest BCUT2D eigenvalue weighted by molar-refractivity contribution is -0.122. The number of anilines is 1. The smallest absolute Gasteiger partial charge is 0.220 e. The van der Waals surface area contributed by atoms with Gasteiger partial charge in [0.25, 0.3) is 0 Å². The van der Waals surface area contributed by atoms with E-state index >= 15 is 0 Å². The maximum atomic E-state index is 14.3. The highest BCUT2D eigenvalue weighted by molar-refractivity contribution is 5.77. The Labute approximate surface area is 148 Å². The molecular formula is C21H25FN2O. The fraction of sp³-hybridized carbons (Fsp3) is 0.381. The lowest BCUT2D eigenvalue weighted by Gasteiger charge is -2.25. The third-order valence-corrected chi connectivity index (χ3v) is 5.10. The fourth-order valence-electron chi connectivity index (χ4n) is 3.72. The summed E-state index contributed by atoms with van der Waals surface area (Å²) in [5, 5.41) is 3.09. The number of rotatable bonds is 6. The van der Waals surface area contributed by atoms with Gasteiger partial charge in [0, 0.05) is 17.7 Å². The molecule has 1 fully saturated rings. The topological polar surface area (TPSA) is 55.1 Å². The van der Waals surface area contributed by atoms with Gasteiger partial charge in [0.1, 0.15) is 5.82 Å². The Hall–Kier alpha value is -2.36. The minimum absolute atomic E-state index is 0.0524. The fourth-order valence-corrected chi connectivity index (χ4v) is 3.72. The molecule has 0 radical (unpaired) electrons. The van der Waals surface area contributed by atoms with Crippen molar-refractivity contribution in [2.24, 2.45) is 5.92 Å². The lowest BCUT2D eigenvalue weighted by Crippen LogP contribution is -2.33. The standard InChI is InChI=1S/C21H25FN2O/c22-18-11-5-4-10-17(18)21(16-8-1-2-9-16)24-20(25)14-13-15-7-3-6-12-19(15)23/h3-7,10-12,16,21H,1-2,8-9,13-14,23H2,(H,24,25). The molecule has 0 spiro atoms. The van der Waals surface area contributed by atoms with Gasteiger partial charge in [0.15, 0.2) is 0 Å². The molecule has 25 heavy (non-hydrogen) atoms. The summed E-state index contributed by atoms with van der Waals surface area (Å²) in [4.78, 5) is 12.5. The van der Waals surface area contributed by atoms with Crippen LogP contribution in [0.5, 0.6) is 0 Å². The molecule has 1 aliphatic carbocycles. The van der Waals surface area contributed by atoms with Crippen LogP contribution in [0.3, 0.4) is 0 Å². The molecule has 1 aliphatic rings.